The first kappa shape index (κ1) is 16.5. The number of carbonyl (C=O) groups excluding carboxylic acids is 1. The van der Waals surface area contributed by atoms with Gasteiger partial charge in [0, 0.05) is 30.1 Å². The maximum Gasteiger partial charge on any atom is 0.248 e. The van der Waals surface area contributed by atoms with Crippen LogP contribution in [0.15, 0.2) is 24.3 Å². The third-order valence-corrected chi connectivity index (χ3v) is 3.99. The van der Waals surface area contributed by atoms with Crippen LogP contribution in [0.1, 0.15) is 27.0 Å². The molecule has 0 fully saturated rings. The predicted molar refractivity (Wildman–Crippen MR) is 93.9 cm³/mol. The minimum atomic E-state index is -0.502. The smallest absolute Gasteiger partial charge is 0.248 e. The van der Waals surface area contributed by atoms with Crippen molar-refractivity contribution in [3.63, 3.8) is 0 Å². The van der Waals surface area contributed by atoms with E-state index in [1.54, 1.807) is 26.3 Å². The van der Waals surface area contributed by atoms with Crippen molar-refractivity contribution < 1.29 is 9.53 Å². The summed E-state index contributed by atoms with van der Waals surface area (Å²) in [5, 5.41) is 10.8. The molecule has 0 saturated carbocycles. The minimum absolute atomic E-state index is 0.400. The van der Waals surface area contributed by atoms with E-state index in [-0.39, 0.29) is 0 Å². The lowest BCUT2D eigenvalue weighted by atomic mass is 9.89. The van der Waals surface area contributed by atoms with Crippen LogP contribution in [-0.4, -0.2) is 26.3 Å². The van der Waals surface area contributed by atoms with Gasteiger partial charge in [-0.25, -0.2) is 0 Å². The number of nitrogens with one attached hydrogen (secondary N) is 2. The Labute approximate surface area is 136 Å². The fourth-order valence-electron chi connectivity index (χ4n) is 2.83. The molecule has 0 heterocycles. The highest BCUT2D eigenvalue weighted by molar-refractivity contribution is 6.02. The minimum Gasteiger partial charge on any atom is -0.496 e. The van der Waals surface area contributed by atoms with Gasteiger partial charge in [0.2, 0.25) is 5.91 Å². The number of hydrogen-bond acceptors (Lipinski definition) is 4. The maximum atomic E-state index is 11.7. The Morgan fingerprint density at radius 1 is 1.30 bits per heavy atom. The highest BCUT2D eigenvalue weighted by Crippen LogP contribution is 2.37. The first-order valence-electron chi connectivity index (χ1n) is 7.25. The summed E-state index contributed by atoms with van der Waals surface area (Å²) in [5.41, 5.74) is 11.0. The second-order valence-corrected chi connectivity index (χ2v) is 5.33. The van der Waals surface area contributed by atoms with Crippen LogP contribution < -0.4 is 15.8 Å². The Morgan fingerprint density at radius 3 is 2.52 bits per heavy atom. The van der Waals surface area contributed by atoms with E-state index in [4.69, 9.17) is 15.9 Å². The monoisotopic (exact) mass is 311 g/mol. The average molecular weight is 311 g/mol. The molecule has 0 saturated heterocycles. The van der Waals surface area contributed by atoms with Gasteiger partial charge in [0.05, 0.1) is 7.11 Å². The van der Waals surface area contributed by atoms with Crippen LogP contribution in [0.2, 0.25) is 0 Å². The van der Waals surface area contributed by atoms with Crippen LogP contribution in [0.4, 0.5) is 5.69 Å². The molecule has 2 aromatic carbocycles. The number of primary amides is 1. The van der Waals surface area contributed by atoms with Gasteiger partial charge in [0.25, 0.3) is 0 Å². The fourth-order valence-corrected chi connectivity index (χ4v) is 2.83. The van der Waals surface area contributed by atoms with Crippen molar-refractivity contribution in [2.24, 2.45) is 5.73 Å². The van der Waals surface area contributed by atoms with E-state index in [1.165, 1.54) is 6.21 Å². The van der Waals surface area contributed by atoms with Crippen molar-refractivity contribution >= 4 is 17.8 Å². The van der Waals surface area contributed by atoms with Crippen LogP contribution in [0, 0.1) is 19.3 Å². The molecular weight excluding hydrogens is 290 g/mol. The van der Waals surface area contributed by atoms with Gasteiger partial charge in [0.15, 0.2) is 0 Å². The Balaban J connectivity index is 2.89. The summed E-state index contributed by atoms with van der Waals surface area (Å²) in [6.07, 6.45) is 1.28. The summed E-state index contributed by atoms with van der Waals surface area (Å²) in [6.45, 7) is 3.95. The van der Waals surface area contributed by atoms with Crippen LogP contribution in [-0.2, 0) is 0 Å². The van der Waals surface area contributed by atoms with Crippen molar-refractivity contribution in [1.82, 2.24) is 0 Å². The topological polar surface area (TPSA) is 88.2 Å². The molecule has 0 unspecified atom stereocenters. The number of rotatable bonds is 5. The molecule has 0 aliphatic heterocycles. The molecule has 0 aliphatic carbocycles. The first-order valence-corrected chi connectivity index (χ1v) is 7.25. The Bertz CT molecular complexity index is 782. The summed E-state index contributed by atoms with van der Waals surface area (Å²) in [4.78, 5) is 11.7. The summed E-state index contributed by atoms with van der Waals surface area (Å²) in [5.74, 6) is 0.259. The molecular formula is C18H21N3O2. The third-order valence-electron chi connectivity index (χ3n) is 3.99. The highest BCUT2D eigenvalue weighted by atomic mass is 16.5. The van der Waals surface area contributed by atoms with E-state index < -0.39 is 5.91 Å². The van der Waals surface area contributed by atoms with Crippen LogP contribution in [0.25, 0.3) is 11.1 Å². The molecule has 2 aromatic rings. The van der Waals surface area contributed by atoms with E-state index in [2.05, 4.69) is 5.32 Å². The summed E-state index contributed by atoms with van der Waals surface area (Å²) in [6, 6.07) is 7.27. The Kier molecular flexibility index (Phi) is 4.69. The first-order chi connectivity index (χ1) is 10.9. The van der Waals surface area contributed by atoms with Gasteiger partial charge in [-0.2, -0.15) is 0 Å². The quantitative estimate of drug-likeness (QED) is 0.741. The third kappa shape index (κ3) is 2.90. The Hall–Kier alpha value is -2.82. The van der Waals surface area contributed by atoms with E-state index >= 15 is 0 Å². The van der Waals surface area contributed by atoms with E-state index in [0.29, 0.717) is 16.8 Å². The zero-order valence-electron chi connectivity index (χ0n) is 13.8. The largest absolute Gasteiger partial charge is 0.496 e. The normalized spacial score (nSPS) is 10.3. The molecule has 1 amide bonds. The SMILES string of the molecule is CNc1cc(C(N)=O)cc(-c2c(C)ccc(OC)c2C)c1C=N. The van der Waals surface area contributed by atoms with Crippen LogP contribution in [0.3, 0.4) is 0 Å². The molecule has 4 N–H and O–H groups in total. The lowest BCUT2D eigenvalue weighted by molar-refractivity contribution is 0.100. The van der Waals surface area contributed by atoms with Gasteiger partial charge in [-0.05, 0) is 54.3 Å². The lowest BCUT2D eigenvalue weighted by Crippen LogP contribution is -2.13. The number of amides is 1. The molecule has 0 aromatic heterocycles. The van der Waals surface area contributed by atoms with Crippen molar-refractivity contribution in [3.8, 4) is 16.9 Å². The standard InChI is InChI=1S/C18H21N3O2/c1-10-5-6-16(23-4)11(2)17(10)13-7-12(18(20)22)8-15(21-3)14(13)9-19/h5-9,19,21H,1-4H3,(H2,20,22). The fraction of sp³-hybridized carbons (Fsp3) is 0.222. The van der Waals surface area contributed by atoms with Gasteiger partial charge in [-0.1, -0.05) is 6.07 Å². The number of hydrogen-bond donors (Lipinski definition) is 3. The lowest BCUT2D eigenvalue weighted by Gasteiger charge is -2.18. The molecule has 120 valence electrons. The predicted octanol–water partition coefficient (Wildman–Crippen LogP) is 3.12. The molecule has 0 radical (unpaired) electrons. The molecule has 0 bridgehead atoms. The second-order valence-electron chi connectivity index (χ2n) is 5.33. The van der Waals surface area contributed by atoms with Gasteiger partial charge in [-0.15, -0.1) is 0 Å². The van der Waals surface area contributed by atoms with Crippen molar-refractivity contribution in [3.05, 3.63) is 46.5 Å². The molecule has 2 rings (SSSR count). The van der Waals surface area contributed by atoms with Crippen molar-refractivity contribution in [2.45, 2.75) is 13.8 Å². The zero-order chi connectivity index (χ0) is 17.1. The van der Waals surface area contributed by atoms with Gasteiger partial charge >= 0.3 is 0 Å². The Morgan fingerprint density at radius 2 is 2.00 bits per heavy atom. The van der Waals surface area contributed by atoms with E-state index in [1.807, 2.05) is 26.0 Å². The van der Waals surface area contributed by atoms with Gasteiger partial charge < -0.3 is 21.2 Å². The van der Waals surface area contributed by atoms with E-state index in [0.717, 1.165) is 28.0 Å². The van der Waals surface area contributed by atoms with E-state index in [9.17, 15) is 4.79 Å². The van der Waals surface area contributed by atoms with Gasteiger partial charge in [0.1, 0.15) is 5.75 Å². The highest BCUT2D eigenvalue weighted by Gasteiger charge is 2.17. The van der Waals surface area contributed by atoms with Crippen LogP contribution >= 0.6 is 0 Å². The van der Waals surface area contributed by atoms with Crippen LogP contribution in [0.5, 0.6) is 5.75 Å². The molecule has 0 aliphatic rings. The number of benzene rings is 2. The van der Waals surface area contributed by atoms with Crippen molar-refractivity contribution in [1.29, 1.82) is 5.41 Å². The summed E-state index contributed by atoms with van der Waals surface area (Å²) < 4.78 is 5.41. The zero-order valence-corrected chi connectivity index (χ0v) is 13.8. The number of anilines is 1. The molecule has 0 spiro atoms. The number of methoxy groups -OCH3 is 1. The molecule has 5 heteroatoms. The van der Waals surface area contributed by atoms with Gasteiger partial charge in [-0.3, -0.25) is 4.79 Å². The number of aryl methyl sites for hydroxylation is 1. The molecule has 5 nitrogen and oxygen atoms in total. The molecule has 0 atom stereocenters. The summed E-state index contributed by atoms with van der Waals surface area (Å²) in [7, 11) is 3.38. The summed E-state index contributed by atoms with van der Waals surface area (Å²) >= 11 is 0. The number of carbonyl (C=O) groups is 1. The molecule has 23 heavy (non-hydrogen) atoms. The average Bonchev–Trinajstić information content (AvgIpc) is 2.54. The van der Waals surface area contributed by atoms with Crippen molar-refractivity contribution in [2.75, 3.05) is 19.5 Å². The number of ether oxygens (including phenoxy) is 1. The number of nitrogens with two attached hydrogens (primary N) is 1. The second kappa shape index (κ2) is 6.52. The maximum absolute atomic E-state index is 11.7.